The van der Waals surface area contributed by atoms with Crippen LogP contribution < -0.4 is 11.2 Å². The fourth-order valence-corrected chi connectivity index (χ4v) is 3.58. The molecule has 0 unspecified atom stereocenters. The first-order chi connectivity index (χ1) is 12.7. The van der Waals surface area contributed by atoms with E-state index in [1.54, 1.807) is 30.7 Å². The molecule has 0 radical (unpaired) electrons. The highest BCUT2D eigenvalue weighted by atomic mass is 32.2. The first-order valence-electron chi connectivity index (χ1n) is 8.28. The van der Waals surface area contributed by atoms with Crippen LogP contribution in [0.1, 0.15) is 19.4 Å². The number of imidazole rings is 1. The Morgan fingerprint density at radius 3 is 2.41 bits per heavy atom. The van der Waals surface area contributed by atoms with E-state index >= 15 is 0 Å². The molecule has 2 heterocycles. The van der Waals surface area contributed by atoms with Gasteiger partial charge in [0.25, 0.3) is 5.56 Å². The molecule has 0 aliphatic carbocycles. The largest absolute Gasteiger partial charge is 0.332 e. The maximum absolute atomic E-state index is 13.2. The van der Waals surface area contributed by atoms with E-state index in [9.17, 15) is 18.8 Å². The minimum atomic E-state index is -0.477. The van der Waals surface area contributed by atoms with Crippen molar-refractivity contribution in [2.24, 2.45) is 14.1 Å². The molecule has 0 N–H and O–H groups in total. The lowest BCUT2D eigenvalue weighted by Crippen LogP contribution is -2.37. The lowest BCUT2D eigenvalue weighted by Gasteiger charge is -2.11. The second kappa shape index (κ2) is 7.15. The van der Waals surface area contributed by atoms with Gasteiger partial charge in [0.1, 0.15) is 11.6 Å². The molecule has 0 spiro atoms. The molecule has 0 saturated heterocycles. The van der Waals surface area contributed by atoms with E-state index in [1.807, 2.05) is 0 Å². The summed E-state index contributed by atoms with van der Waals surface area (Å²) in [5.74, 6) is -0.380. The predicted molar refractivity (Wildman–Crippen MR) is 102 cm³/mol. The van der Waals surface area contributed by atoms with E-state index in [0.29, 0.717) is 5.16 Å². The van der Waals surface area contributed by atoms with Gasteiger partial charge in [-0.25, -0.2) is 14.2 Å². The van der Waals surface area contributed by atoms with Gasteiger partial charge < -0.3 is 4.57 Å². The number of hydrogen-bond acceptors (Lipinski definition) is 5. The van der Waals surface area contributed by atoms with Crippen molar-refractivity contribution in [3.05, 3.63) is 56.5 Å². The number of hydrogen-bond donors (Lipinski definition) is 0. The maximum Gasteiger partial charge on any atom is 0.332 e. The molecule has 0 saturated carbocycles. The molecule has 0 aliphatic rings. The van der Waals surface area contributed by atoms with Crippen LogP contribution in [-0.4, -0.2) is 29.7 Å². The molecule has 7 nitrogen and oxygen atoms in total. The number of rotatable bonds is 5. The van der Waals surface area contributed by atoms with Crippen LogP contribution in [0.5, 0.6) is 0 Å². The van der Waals surface area contributed by atoms with Crippen molar-refractivity contribution >= 4 is 28.7 Å². The number of carbonyl (C=O) groups is 1. The van der Waals surface area contributed by atoms with E-state index in [0.717, 1.165) is 10.1 Å². The minimum Gasteiger partial charge on any atom is -0.309 e. The molecular weight excluding hydrogens is 371 g/mol. The summed E-state index contributed by atoms with van der Waals surface area (Å²) in [5.41, 5.74) is 0.342. The highest BCUT2D eigenvalue weighted by Gasteiger charge is 2.22. The van der Waals surface area contributed by atoms with Crippen LogP contribution in [0.2, 0.25) is 0 Å². The minimum absolute atomic E-state index is 0.0258. The van der Waals surface area contributed by atoms with Gasteiger partial charge in [0.05, 0.1) is 11.8 Å². The number of Topliss-reactive ketones (excluding diaryl/α,β-unsaturated/α-hetero) is 1. The van der Waals surface area contributed by atoms with Crippen molar-refractivity contribution in [3.8, 4) is 0 Å². The number of halogens is 1. The van der Waals surface area contributed by atoms with E-state index in [1.165, 1.54) is 42.4 Å². The van der Waals surface area contributed by atoms with Crippen molar-refractivity contribution in [1.82, 2.24) is 18.7 Å². The van der Waals surface area contributed by atoms with Crippen molar-refractivity contribution < 1.29 is 9.18 Å². The fraction of sp³-hybridized carbons (Fsp3) is 0.333. The van der Waals surface area contributed by atoms with Gasteiger partial charge in [-0.3, -0.25) is 18.7 Å². The zero-order chi connectivity index (χ0) is 19.9. The molecule has 0 aliphatic heterocycles. The first-order valence-corrected chi connectivity index (χ1v) is 9.16. The number of nitrogens with zero attached hydrogens (tertiary/aromatic N) is 4. The van der Waals surface area contributed by atoms with Gasteiger partial charge in [-0.05, 0) is 31.5 Å². The van der Waals surface area contributed by atoms with Gasteiger partial charge in [0.15, 0.2) is 16.3 Å². The quantitative estimate of drug-likeness (QED) is 0.620. The zero-order valence-electron chi connectivity index (χ0n) is 15.4. The number of aryl methyl sites for hydroxylation is 1. The van der Waals surface area contributed by atoms with Gasteiger partial charge in [-0.2, -0.15) is 0 Å². The third-order valence-electron chi connectivity index (χ3n) is 4.42. The second-order valence-corrected chi connectivity index (χ2v) is 7.66. The average Bonchev–Trinajstić information content (AvgIpc) is 2.98. The molecule has 3 aromatic rings. The first kappa shape index (κ1) is 19.1. The summed E-state index contributed by atoms with van der Waals surface area (Å²) in [7, 11) is 2.95. The predicted octanol–water partition coefficient (Wildman–Crippen LogP) is 1.69. The SMILES string of the molecule is CC(=O)[C@H](C)Sc1nc2c(c(=O)n(C)c(=O)n2C)n1Cc1ccc(F)cc1. The number of benzene rings is 1. The van der Waals surface area contributed by atoms with Crippen LogP contribution in [0, 0.1) is 5.82 Å². The lowest BCUT2D eigenvalue weighted by molar-refractivity contribution is -0.116. The second-order valence-electron chi connectivity index (χ2n) is 6.36. The highest BCUT2D eigenvalue weighted by molar-refractivity contribution is 8.00. The van der Waals surface area contributed by atoms with Crippen molar-refractivity contribution in [3.63, 3.8) is 0 Å². The summed E-state index contributed by atoms with van der Waals surface area (Å²) in [6.45, 7) is 3.50. The number of ketones is 1. The maximum atomic E-state index is 13.2. The van der Waals surface area contributed by atoms with E-state index in [-0.39, 0.29) is 34.6 Å². The monoisotopic (exact) mass is 390 g/mol. The molecule has 9 heteroatoms. The summed E-state index contributed by atoms with van der Waals surface area (Å²) < 4.78 is 17.2. The van der Waals surface area contributed by atoms with Crippen molar-refractivity contribution in [2.45, 2.75) is 30.8 Å². The molecule has 0 amide bonds. The Hall–Kier alpha value is -2.68. The molecule has 0 bridgehead atoms. The summed E-state index contributed by atoms with van der Waals surface area (Å²) in [5, 5.41) is 0.0879. The summed E-state index contributed by atoms with van der Waals surface area (Å²) in [6, 6.07) is 5.92. The van der Waals surface area contributed by atoms with Gasteiger partial charge in [-0.15, -0.1) is 0 Å². The Labute approximate surface area is 158 Å². The van der Waals surface area contributed by atoms with Crippen molar-refractivity contribution in [2.75, 3.05) is 0 Å². The Bertz CT molecular complexity index is 1140. The Morgan fingerprint density at radius 2 is 1.81 bits per heavy atom. The normalized spacial score (nSPS) is 12.5. The summed E-state index contributed by atoms with van der Waals surface area (Å²) in [6.07, 6.45) is 0. The third-order valence-corrected chi connectivity index (χ3v) is 5.63. The molecule has 27 heavy (non-hydrogen) atoms. The molecule has 1 atom stereocenters. The summed E-state index contributed by atoms with van der Waals surface area (Å²) >= 11 is 1.22. The number of thioether (sulfide) groups is 1. The Kier molecular flexibility index (Phi) is 5.05. The highest BCUT2D eigenvalue weighted by Crippen LogP contribution is 2.26. The third kappa shape index (κ3) is 3.46. The van der Waals surface area contributed by atoms with Crippen LogP contribution in [-0.2, 0) is 25.4 Å². The Balaban J connectivity index is 2.26. The van der Waals surface area contributed by atoms with Crippen LogP contribution in [0.3, 0.4) is 0 Å². The molecule has 142 valence electrons. The van der Waals surface area contributed by atoms with E-state index in [4.69, 9.17) is 0 Å². The number of fused-ring (bicyclic) bond motifs is 1. The van der Waals surface area contributed by atoms with Gasteiger partial charge in [-0.1, -0.05) is 23.9 Å². The fourth-order valence-electron chi connectivity index (χ4n) is 2.68. The van der Waals surface area contributed by atoms with Gasteiger partial charge >= 0.3 is 5.69 Å². The molecular formula is C18H19FN4O3S. The van der Waals surface area contributed by atoms with E-state index < -0.39 is 11.2 Å². The molecule has 1 aromatic carbocycles. The Morgan fingerprint density at radius 1 is 1.19 bits per heavy atom. The zero-order valence-corrected chi connectivity index (χ0v) is 16.2. The standard InChI is InChI=1S/C18H19FN4O3S/c1-10(24)11(2)27-17-20-15-14(16(25)22(4)18(26)21(15)3)23(17)9-12-5-7-13(19)8-6-12/h5-8,11H,9H2,1-4H3/t11-/m0/s1. The molecule has 3 rings (SSSR count). The number of aromatic nitrogens is 4. The van der Waals surface area contributed by atoms with Crippen LogP contribution in [0.15, 0.2) is 39.0 Å². The van der Waals surface area contributed by atoms with E-state index in [2.05, 4.69) is 4.98 Å². The lowest BCUT2D eigenvalue weighted by atomic mass is 10.2. The van der Waals surface area contributed by atoms with Gasteiger partial charge in [0, 0.05) is 14.1 Å². The van der Waals surface area contributed by atoms with Crippen LogP contribution in [0.25, 0.3) is 11.2 Å². The van der Waals surface area contributed by atoms with Crippen LogP contribution >= 0.6 is 11.8 Å². The smallest absolute Gasteiger partial charge is 0.309 e. The van der Waals surface area contributed by atoms with Crippen molar-refractivity contribution in [1.29, 1.82) is 0 Å². The average molecular weight is 390 g/mol. The topological polar surface area (TPSA) is 78.9 Å². The molecule has 2 aromatic heterocycles. The summed E-state index contributed by atoms with van der Waals surface area (Å²) in [4.78, 5) is 41.1. The number of carbonyl (C=O) groups excluding carboxylic acids is 1. The van der Waals surface area contributed by atoms with Gasteiger partial charge in [0.2, 0.25) is 0 Å². The molecule has 0 fully saturated rings. The van der Waals surface area contributed by atoms with Crippen LogP contribution in [0.4, 0.5) is 4.39 Å².